The number of hydrogen-bond acceptors (Lipinski definition) is 2. The molecule has 1 aliphatic carbocycles. The normalized spacial score (nSPS) is 24.4. The van der Waals surface area contributed by atoms with Gasteiger partial charge in [0.2, 0.25) is 0 Å². The van der Waals surface area contributed by atoms with Crippen LogP contribution in [0.15, 0.2) is 23.8 Å². The Balaban J connectivity index is 0.000000925. The maximum atomic E-state index is 10.5. The zero-order valence-electron chi connectivity index (χ0n) is 15.7. The first-order chi connectivity index (χ1) is 10.9. The van der Waals surface area contributed by atoms with Crippen molar-refractivity contribution in [3.05, 3.63) is 42.3 Å². The monoisotopic (exact) mass is 354 g/mol. The first kappa shape index (κ1) is 18.5. The number of fused-ring (bicyclic) bond motifs is 3. The van der Waals surface area contributed by atoms with E-state index in [1.54, 1.807) is 0 Å². The second kappa shape index (κ2) is 7.36. The van der Waals surface area contributed by atoms with Crippen molar-refractivity contribution in [2.75, 3.05) is 0 Å². The molecule has 2 aliphatic rings. The van der Waals surface area contributed by atoms with Gasteiger partial charge < -0.3 is 17.2 Å². The van der Waals surface area contributed by atoms with Crippen molar-refractivity contribution in [3.63, 3.8) is 0 Å². The molecule has 1 aromatic carbocycles. The summed E-state index contributed by atoms with van der Waals surface area (Å²) in [7, 11) is 2.50. The van der Waals surface area contributed by atoms with Gasteiger partial charge in [-0.2, -0.15) is 0 Å². The molecule has 0 fully saturated rings. The summed E-state index contributed by atoms with van der Waals surface area (Å²) in [5.41, 5.74) is 3.42. The van der Waals surface area contributed by atoms with Gasteiger partial charge in [0.05, 0.1) is 0 Å². The Morgan fingerprint density at radius 2 is 2.09 bits per heavy atom. The second-order valence-electron chi connectivity index (χ2n) is 7.17. The third-order valence-corrected chi connectivity index (χ3v) is 5.07. The topological polar surface area (TPSA) is 29.5 Å². The predicted molar refractivity (Wildman–Crippen MR) is 92.4 cm³/mol. The van der Waals surface area contributed by atoms with E-state index in [1.807, 2.05) is 6.07 Å². The molecular weight excluding hydrogens is 323 g/mol. The fourth-order valence-electron chi connectivity index (χ4n) is 4.01. The van der Waals surface area contributed by atoms with Crippen molar-refractivity contribution in [1.29, 1.82) is 0 Å². The van der Waals surface area contributed by atoms with E-state index in [0.717, 1.165) is 37.0 Å². The number of benzene rings is 1. The van der Waals surface area contributed by atoms with Gasteiger partial charge in [0.1, 0.15) is 17.1 Å². The zero-order chi connectivity index (χ0) is 17.2. The number of allylic oxidation sites excluding steroid dienone is 2. The van der Waals surface area contributed by atoms with Crippen LogP contribution in [0.4, 0.5) is 0 Å². The summed E-state index contributed by atoms with van der Waals surface area (Å²) in [6.45, 7) is 8.72. The third kappa shape index (κ3) is 3.64. The molecule has 0 aromatic heterocycles. The minimum atomic E-state index is -0.174. The Bertz CT molecular complexity index is 596. The molecule has 0 bridgehead atoms. The first-order valence-electron chi connectivity index (χ1n) is 8.85. The number of aromatic hydroxyl groups is 1. The molecule has 1 aliphatic heterocycles. The van der Waals surface area contributed by atoms with Crippen molar-refractivity contribution < 1.29 is 29.8 Å². The van der Waals surface area contributed by atoms with Crippen LogP contribution in [-0.2, 0) is 25.0 Å². The number of ether oxygens (including phenoxy) is 1. The maximum Gasteiger partial charge on any atom is 0.127 e. The van der Waals surface area contributed by atoms with E-state index in [9.17, 15) is 5.11 Å². The van der Waals surface area contributed by atoms with Crippen LogP contribution in [-0.4, -0.2) is 10.7 Å². The zero-order valence-corrected chi connectivity index (χ0v) is 16.1. The van der Waals surface area contributed by atoms with E-state index in [1.165, 1.54) is 11.1 Å². The summed E-state index contributed by atoms with van der Waals surface area (Å²) in [6.07, 6.45) is 6.67. The minimum Gasteiger partial charge on any atom is -0.507 e. The Hall–Kier alpha value is -0.856. The van der Waals surface area contributed by atoms with Crippen LogP contribution in [0.25, 0.3) is 0 Å². The average molecular weight is 354 g/mol. The van der Waals surface area contributed by atoms with Crippen molar-refractivity contribution in [2.45, 2.75) is 64.9 Å². The molecule has 127 valence electrons. The summed E-state index contributed by atoms with van der Waals surface area (Å²) >= 11 is 0. The molecule has 0 saturated heterocycles. The van der Waals surface area contributed by atoms with Crippen molar-refractivity contribution in [1.82, 2.24) is 0 Å². The van der Waals surface area contributed by atoms with Crippen LogP contribution in [0.1, 0.15) is 65.4 Å². The van der Waals surface area contributed by atoms with Crippen LogP contribution in [0.2, 0.25) is 0 Å². The molecule has 0 saturated carbocycles. The van der Waals surface area contributed by atoms with Gasteiger partial charge in [-0.3, -0.25) is 0 Å². The number of phenols is 1. The van der Waals surface area contributed by atoms with Crippen LogP contribution in [0, 0.1) is 13.3 Å². The summed E-state index contributed by atoms with van der Waals surface area (Å²) in [4.78, 5) is 0. The van der Waals surface area contributed by atoms with Gasteiger partial charge in [-0.15, -0.1) is 0 Å². The van der Waals surface area contributed by atoms with Crippen LogP contribution in [0.3, 0.4) is 0 Å². The molecule has 1 aromatic rings. The van der Waals surface area contributed by atoms with Gasteiger partial charge in [-0.1, -0.05) is 25.0 Å². The van der Waals surface area contributed by atoms with Gasteiger partial charge in [0, 0.05) is 36.0 Å². The van der Waals surface area contributed by atoms with Gasteiger partial charge >= 0.3 is 0 Å². The first-order valence-corrected chi connectivity index (χ1v) is 8.14. The van der Waals surface area contributed by atoms with Gasteiger partial charge in [0.25, 0.3) is 0 Å². The number of rotatable bonds is 2. The van der Waals surface area contributed by atoms with Gasteiger partial charge in [-0.05, 0) is 57.7 Å². The van der Waals surface area contributed by atoms with Gasteiger partial charge in [-0.25, -0.2) is 1.37 Å². The molecule has 2 nitrogen and oxygen atoms in total. The van der Waals surface area contributed by atoms with E-state index in [2.05, 4.69) is 47.2 Å². The molecule has 23 heavy (non-hydrogen) atoms. The van der Waals surface area contributed by atoms with Crippen LogP contribution < -0.4 is 4.74 Å². The maximum absolute atomic E-state index is 10.5. The summed E-state index contributed by atoms with van der Waals surface area (Å²) in [5.74, 6) is 2.02. The Kier molecular flexibility index (Phi) is 5.91. The van der Waals surface area contributed by atoms with Crippen molar-refractivity contribution >= 4 is 0 Å². The average Bonchev–Trinajstić information content (AvgIpc) is 2.48. The third-order valence-electron chi connectivity index (χ3n) is 5.07. The largest absolute Gasteiger partial charge is 0.507 e. The summed E-state index contributed by atoms with van der Waals surface area (Å²) in [5, 5.41) is 10.5. The molecular formula is C20H29O2V-. The molecule has 2 atom stereocenters. The standard InChI is InChI=1S/C19H26O2.CH3.V/c1-5-6-13-10-16(20)18-14-9-12(2)7-8-15(14)19(3,4)21-17(18)11-13;;/h9-11,14-15,20H,5-8H2,1-4H3;1H3;/q;-1;/t14-,15-;;/m1../s1/i;1T;. The quantitative estimate of drug-likeness (QED) is 0.569. The minimum absolute atomic E-state index is 0. The molecule has 1 heterocycles. The van der Waals surface area contributed by atoms with Crippen LogP contribution in [0.5, 0.6) is 11.5 Å². The van der Waals surface area contributed by atoms with Crippen LogP contribution >= 0.6 is 0 Å². The molecule has 3 rings (SSSR count). The molecule has 3 heteroatoms. The molecule has 0 amide bonds. The molecule has 0 unspecified atom stereocenters. The van der Waals surface area contributed by atoms with Crippen molar-refractivity contribution in [3.8, 4) is 11.5 Å². The van der Waals surface area contributed by atoms with Crippen molar-refractivity contribution in [2.24, 2.45) is 5.92 Å². The smallest absolute Gasteiger partial charge is 0.127 e. The number of aryl methyl sites for hydroxylation is 1. The fraction of sp³-hybridized carbons (Fsp3) is 0.550. The van der Waals surface area contributed by atoms with E-state index >= 15 is 0 Å². The van der Waals surface area contributed by atoms with E-state index < -0.39 is 0 Å². The second-order valence-corrected chi connectivity index (χ2v) is 7.17. The Morgan fingerprint density at radius 1 is 1.39 bits per heavy atom. The predicted octanol–water partition coefficient (Wildman–Crippen LogP) is 5.40. The Morgan fingerprint density at radius 3 is 2.74 bits per heavy atom. The van der Waals surface area contributed by atoms with E-state index in [-0.39, 0.29) is 30.1 Å². The molecule has 1 radical (unpaired) electrons. The summed E-state index contributed by atoms with van der Waals surface area (Å²) < 4.78 is 11.8. The SMILES string of the molecule is CCCc1cc(O)c2c(c1)OC(C)(C)[C@@H]1CCC(C)=C[C@@H]21.[3H][CH2-].[V]. The number of phenolic OH excluding ortho intramolecular Hbond substituents is 1. The fourth-order valence-corrected chi connectivity index (χ4v) is 4.01. The molecule has 1 N–H and O–H groups in total. The molecule has 0 spiro atoms. The van der Waals surface area contributed by atoms with Gasteiger partial charge in [0.15, 0.2) is 0 Å². The number of hydrogen-bond donors (Lipinski definition) is 1. The van der Waals surface area contributed by atoms with E-state index in [0.29, 0.717) is 11.7 Å². The summed E-state index contributed by atoms with van der Waals surface area (Å²) in [6, 6.07) is 4.06. The van der Waals surface area contributed by atoms with E-state index in [4.69, 9.17) is 6.11 Å². The Labute approximate surface area is 154 Å².